The van der Waals surface area contributed by atoms with Crippen LogP contribution in [0.5, 0.6) is 0 Å². The van der Waals surface area contributed by atoms with Gasteiger partial charge >= 0.3 is 18.9 Å². The molecule has 0 aliphatic carbocycles. The van der Waals surface area contributed by atoms with Crippen molar-refractivity contribution in [2.75, 3.05) is 0 Å². The summed E-state index contributed by atoms with van der Waals surface area (Å²) in [5.74, 6) is 0. The fraction of sp³-hybridized carbons (Fsp3) is 0.111. The minimum Gasteiger partial charge on any atom is -0.148 e. The number of allylic oxidation sites excluding steroid dienone is 1. The van der Waals surface area contributed by atoms with Gasteiger partial charge in [-0.1, -0.05) is 6.92 Å². The van der Waals surface area contributed by atoms with Gasteiger partial charge in [0, 0.05) is 0 Å². The van der Waals surface area contributed by atoms with Crippen molar-refractivity contribution in [1.29, 1.82) is 0 Å². The molecule has 10 heavy (non-hydrogen) atoms. The Hall–Kier alpha value is -0.443. The zero-order chi connectivity index (χ0) is 6.69. The Morgan fingerprint density at radius 1 is 1.50 bits per heavy atom. The van der Waals surface area contributed by atoms with Crippen molar-refractivity contribution in [3.63, 3.8) is 0 Å². The minimum absolute atomic E-state index is 0. The molecule has 46 valence electrons. The van der Waals surface area contributed by atoms with E-state index in [1.807, 2.05) is 31.2 Å². The Morgan fingerprint density at radius 2 is 2.20 bits per heavy atom. The summed E-state index contributed by atoms with van der Waals surface area (Å²) in [6.07, 6.45) is 0. The van der Waals surface area contributed by atoms with Gasteiger partial charge in [-0.2, -0.15) is 0 Å². The van der Waals surface area contributed by atoms with Crippen molar-refractivity contribution >= 4 is 5.57 Å². The first-order valence-electron chi connectivity index (χ1n) is 2.93. The molecule has 0 aromatic heterocycles. The number of hydrogen-bond donors (Lipinski definition) is 0. The van der Waals surface area contributed by atoms with E-state index in [0.29, 0.717) is 0 Å². The summed E-state index contributed by atoms with van der Waals surface area (Å²) in [7, 11) is 0. The minimum atomic E-state index is 0. The van der Waals surface area contributed by atoms with Gasteiger partial charge in [-0.05, 0) is 0 Å². The fourth-order valence-corrected chi connectivity index (χ4v) is 0.659. The third kappa shape index (κ3) is 2.43. The predicted molar refractivity (Wildman–Crippen MR) is 40.0 cm³/mol. The number of rotatable bonds is 1. The SMILES string of the molecule is C=C(C)c1[c-]cccc1.[Li+]. The smallest absolute Gasteiger partial charge is 0.148 e. The summed E-state index contributed by atoms with van der Waals surface area (Å²) < 4.78 is 0. The van der Waals surface area contributed by atoms with Gasteiger partial charge in [-0.25, -0.2) is 0 Å². The topological polar surface area (TPSA) is 0 Å². The predicted octanol–water partition coefficient (Wildman–Crippen LogP) is -0.476. The number of hydrogen-bond acceptors (Lipinski definition) is 0. The van der Waals surface area contributed by atoms with Crippen LogP contribution in [0.3, 0.4) is 0 Å². The maximum atomic E-state index is 3.79. The van der Waals surface area contributed by atoms with E-state index in [1.54, 1.807) is 0 Å². The molecule has 0 amide bonds. The molecule has 0 atom stereocenters. The standard InChI is InChI=1S/C9H9.Li/c1-8(2)9-6-4-3-5-7-9;/h3-6H,1H2,2H3;/q-1;+1. The largest absolute Gasteiger partial charge is 1.00 e. The average Bonchev–Trinajstić information content (AvgIpc) is 1.90. The molecule has 1 aromatic rings. The van der Waals surface area contributed by atoms with E-state index in [-0.39, 0.29) is 18.9 Å². The summed E-state index contributed by atoms with van der Waals surface area (Å²) in [5, 5.41) is 0. The van der Waals surface area contributed by atoms with E-state index in [0.717, 1.165) is 11.1 Å². The molecule has 0 aliphatic rings. The van der Waals surface area contributed by atoms with Gasteiger partial charge in [0.2, 0.25) is 0 Å². The fourth-order valence-electron chi connectivity index (χ4n) is 0.659. The van der Waals surface area contributed by atoms with Crippen LogP contribution in [-0.2, 0) is 0 Å². The normalized spacial score (nSPS) is 8.10. The van der Waals surface area contributed by atoms with E-state index in [1.165, 1.54) is 0 Å². The molecule has 1 aromatic carbocycles. The molecule has 0 heterocycles. The molecule has 0 radical (unpaired) electrons. The molecule has 0 saturated carbocycles. The van der Waals surface area contributed by atoms with Crippen LogP contribution < -0.4 is 18.9 Å². The first-order chi connectivity index (χ1) is 4.30. The Morgan fingerprint density at radius 3 is 2.50 bits per heavy atom. The van der Waals surface area contributed by atoms with Gasteiger partial charge in [0.25, 0.3) is 0 Å². The third-order valence-electron chi connectivity index (χ3n) is 1.17. The van der Waals surface area contributed by atoms with Gasteiger partial charge in [-0.15, -0.1) is 48.0 Å². The Kier molecular flexibility index (Phi) is 4.19. The second-order valence-corrected chi connectivity index (χ2v) is 2.06. The van der Waals surface area contributed by atoms with Crippen molar-refractivity contribution in [2.45, 2.75) is 6.92 Å². The van der Waals surface area contributed by atoms with Crippen molar-refractivity contribution in [3.8, 4) is 0 Å². The third-order valence-corrected chi connectivity index (χ3v) is 1.17. The van der Waals surface area contributed by atoms with Crippen LogP contribution >= 0.6 is 0 Å². The van der Waals surface area contributed by atoms with E-state index in [9.17, 15) is 0 Å². The molecule has 0 aliphatic heterocycles. The van der Waals surface area contributed by atoms with Gasteiger partial charge in [0.1, 0.15) is 0 Å². The molecule has 0 unspecified atom stereocenters. The molecule has 1 rings (SSSR count). The molecule has 0 spiro atoms. The van der Waals surface area contributed by atoms with Crippen LogP contribution in [0.4, 0.5) is 0 Å². The summed E-state index contributed by atoms with van der Waals surface area (Å²) in [4.78, 5) is 0. The zero-order valence-electron chi connectivity index (χ0n) is 6.52. The van der Waals surface area contributed by atoms with Crippen LogP contribution in [-0.4, -0.2) is 0 Å². The maximum Gasteiger partial charge on any atom is 1.00 e. The molecule has 0 fully saturated rings. The molecular weight excluding hydrogens is 115 g/mol. The van der Waals surface area contributed by atoms with E-state index in [4.69, 9.17) is 0 Å². The quantitative estimate of drug-likeness (QED) is 0.350. The van der Waals surface area contributed by atoms with E-state index in [2.05, 4.69) is 12.6 Å². The van der Waals surface area contributed by atoms with Gasteiger partial charge < -0.3 is 0 Å². The van der Waals surface area contributed by atoms with Crippen LogP contribution in [0.2, 0.25) is 0 Å². The summed E-state index contributed by atoms with van der Waals surface area (Å²) in [6, 6.07) is 10.9. The van der Waals surface area contributed by atoms with Crippen molar-refractivity contribution in [2.24, 2.45) is 0 Å². The molecule has 0 N–H and O–H groups in total. The van der Waals surface area contributed by atoms with Crippen molar-refractivity contribution < 1.29 is 18.9 Å². The van der Waals surface area contributed by atoms with Crippen LogP contribution in [0, 0.1) is 6.07 Å². The summed E-state index contributed by atoms with van der Waals surface area (Å²) in [6.45, 7) is 5.77. The average molecular weight is 124 g/mol. The first-order valence-corrected chi connectivity index (χ1v) is 2.93. The summed E-state index contributed by atoms with van der Waals surface area (Å²) in [5.41, 5.74) is 2.16. The van der Waals surface area contributed by atoms with Crippen LogP contribution in [0.1, 0.15) is 12.5 Å². The molecule has 0 saturated heterocycles. The number of benzene rings is 1. The van der Waals surface area contributed by atoms with Gasteiger partial charge in [0.05, 0.1) is 0 Å². The molecule has 0 bridgehead atoms. The van der Waals surface area contributed by atoms with E-state index < -0.39 is 0 Å². The Bertz CT molecular complexity index is 201. The van der Waals surface area contributed by atoms with Crippen LogP contribution in [0.25, 0.3) is 5.57 Å². The molecule has 1 heteroatoms. The summed E-state index contributed by atoms with van der Waals surface area (Å²) >= 11 is 0. The van der Waals surface area contributed by atoms with Gasteiger partial charge in [0.15, 0.2) is 0 Å². The Labute approximate surface area is 74.1 Å². The van der Waals surface area contributed by atoms with Crippen LogP contribution in [0.15, 0.2) is 30.8 Å². The van der Waals surface area contributed by atoms with Gasteiger partial charge in [-0.3, -0.25) is 0 Å². The monoisotopic (exact) mass is 124 g/mol. The maximum absolute atomic E-state index is 3.79. The molecule has 0 nitrogen and oxygen atoms in total. The molecular formula is C9H9Li. The Balaban J connectivity index is 0.000000810. The second-order valence-electron chi connectivity index (χ2n) is 2.06. The zero-order valence-corrected chi connectivity index (χ0v) is 6.52. The van der Waals surface area contributed by atoms with Crippen molar-refractivity contribution in [3.05, 3.63) is 42.5 Å². The second kappa shape index (κ2) is 4.39. The van der Waals surface area contributed by atoms with Crippen molar-refractivity contribution in [1.82, 2.24) is 0 Å². The van der Waals surface area contributed by atoms with E-state index >= 15 is 0 Å². The first kappa shape index (κ1) is 9.56.